The molecule has 1 aliphatic heterocycles. The summed E-state index contributed by atoms with van der Waals surface area (Å²) < 4.78 is 21.8. The second-order valence-electron chi connectivity index (χ2n) is 6.14. The summed E-state index contributed by atoms with van der Waals surface area (Å²) in [6, 6.07) is 10.4. The molecule has 0 saturated heterocycles. The van der Waals surface area contributed by atoms with Crippen LogP contribution in [0.1, 0.15) is 15.9 Å². The van der Waals surface area contributed by atoms with E-state index in [-0.39, 0.29) is 17.9 Å². The third-order valence-electron chi connectivity index (χ3n) is 4.76. The molecule has 1 N–H and O–H groups in total. The van der Waals surface area contributed by atoms with Crippen molar-refractivity contribution in [1.82, 2.24) is 0 Å². The average Bonchev–Trinajstić information content (AvgIpc) is 2.84. The van der Waals surface area contributed by atoms with E-state index in [4.69, 9.17) is 18.9 Å². The van der Waals surface area contributed by atoms with Gasteiger partial charge < -0.3 is 24.1 Å². The number of hydrogen-bond donors (Lipinski definition) is 1. The van der Waals surface area contributed by atoms with Gasteiger partial charge in [-0.3, -0.25) is 0 Å². The van der Waals surface area contributed by atoms with Crippen LogP contribution in [0.3, 0.4) is 0 Å². The van der Waals surface area contributed by atoms with Crippen molar-refractivity contribution in [2.24, 2.45) is 0 Å². The largest absolute Gasteiger partial charge is 0.507 e. The Hall–Kier alpha value is -3.41. The highest BCUT2D eigenvalue weighted by molar-refractivity contribution is 6.13. The van der Waals surface area contributed by atoms with Crippen molar-refractivity contribution in [3.05, 3.63) is 47.5 Å². The summed E-state index contributed by atoms with van der Waals surface area (Å²) in [5.41, 5.74) is 2.40. The van der Waals surface area contributed by atoms with Gasteiger partial charge in [-0.15, -0.1) is 0 Å². The molecule has 1 heterocycles. The number of phenols is 1. The number of hydrogen-bond acceptors (Lipinski definition) is 6. The molecular formula is C21H18O6. The number of esters is 1. The molecular weight excluding hydrogens is 348 g/mol. The maximum atomic E-state index is 12.6. The van der Waals surface area contributed by atoms with E-state index in [1.807, 2.05) is 18.2 Å². The Bertz CT molecular complexity index is 1070. The van der Waals surface area contributed by atoms with Crippen LogP contribution >= 0.6 is 0 Å². The number of benzene rings is 3. The van der Waals surface area contributed by atoms with E-state index in [1.54, 1.807) is 26.4 Å². The number of carbonyl (C=O) groups excluding carboxylic acids is 1. The molecule has 0 aliphatic carbocycles. The first-order valence-corrected chi connectivity index (χ1v) is 8.34. The fourth-order valence-corrected chi connectivity index (χ4v) is 3.57. The van der Waals surface area contributed by atoms with E-state index >= 15 is 0 Å². The minimum absolute atomic E-state index is 0.0471. The monoisotopic (exact) mass is 366 g/mol. The number of fused-ring (bicyclic) bond motifs is 5. The summed E-state index contributed by atoms with van der Waals surface area (Å²) in [5, 5.41) is 11.8. The van der Waals surface area contributed by atoms with Gasteiger partial charge in [0.25, 0.3) is 0 Å². The van der Waals surface area contributed by atoms with E-state index in [2.05, 4.69) is 0 Å². The van der Waals surface area contributed by atoms with E-state index in [0.29, 0.717) is 33.6 Å². The number of cyclic esters (lactones) is 1. The molecule has 27 heavy (non-hydrogen) atoms. The van der Waals surface area contributed by atoms with Gasteiger partial charge in [0.05, 0.1) is 32.3 Å². The van der Waals surface area contributed by atoms with E-state index in [9.17, 15) is 9.90 Å². The predicted molar refractivity (Wildman–Crippen MR) is 99.8 cm³/mol. The van der Waals surface area contributed by atoms with Gasteiger partial charge in [0.2, 0.25) is 0 Å². The van der Waals surface area contributed by atoms with Crippen molar-refractivity contribution in [3.8, 4) is 34.1 Å². The molecule has 4 rings (SSSR count). The van der Waals surface area contributed by atoms with Gasteiger partial charge in [0, 0.05) is 22.8 Å². The van der Waals surface area contributed by atoms with Crippen LogP contribution in [0, 0.1) is 0 Å². The van der Waals surface area contributed by atoms with Gasteiger partial charge in [-0.25, -0.2) is 4.79 Å². The zero-order valence-electron chi connectivity index (χ0n) is 15.2. The normalized spacial score (nSPS) is 12.6. The quantitative estimate of drug-likeness (QED) is 0.709. The fourth-order valence-electron chi connectivity index (χ4n) is 3.57. The lowest BCUT2D eigenvalue weighted by Gasteiger charge is -2.17. The van der Waals surface area contributed by atoms with E-state index < -0.39 is 5.97 Å². The number of aromatic hydroxyl groups is 1. The Morgan fingerprint density at radius 3 is 2.44 bits per heavy atom. The molecule has 138 valence electrons. The lowest BCUT2D eigenvalue weighted by molar-refractivity contribution is 0.0478. The Morgan fingerprint density at radius 2 is 1.74 bits per heavy atom. The summed E-state index contributed by atoms with van der Waals surface area (Å²) in [4.78, 5) is 12.6. The zero-order chi connectivity index (χ0) is 19.1. The van der Waals surface area contributed by atoms with Crippen LogP contribution in [0.15, 0.2) is 36.4 Å². The minimum Gasteiger partial charge on any atom is -0.507 e. The van der Waals surface area contributed by atoms with Crippen molar-refractivity contribution in [2.45, 2.75) is 6.61 Å². The van der Waals surface area contributed by atoms with Crippen LogP contribution < -0.4 is 14.2 Å². The summed E-state index contributed by atoms with van der Waals surface area (Å²) in [7, 11) is 4.66. The van der Waals surface area contributed by atoms with Gasteiger partial charge in [0.1, 0.15) is 29.6 Å². The van der Waals surface area contributed by atoms with Crippen LogP contribution in [0.25, 0.3) is 21.9 Å². The first kappa shape index (κ1) is 17.0. The van der Waals surface area contributed by atoms with Crippen LogP contribution in [0.5, 0.6) is 23.0 Å². The van der Waals surface area contributed by atoms with Gasteiger partial charge in [-0.2, -0.15) is 0 Å². The van der Waals surface area contributed by atoms with E-state index in [0.717, 1.165) is 11.1 Å². The fraction of sp³-hybridized carbons (Fsp3) is 0.190. The Morgan fingerprint density at radius 1 is 0.963 bits per heavy atom. The summed E-state index contributed by atoms with van der Waals surface area (Å²) in [6.07, 6.45) is 0. The molecule has 1 aliphatic rings. The third kappa shape index (κ3) is 2.52. The zero-order valence-corrected chi connectivity index (χ0v) is 15.2. The smallest absolute Gasteiger partial charge is 0.339 e. The van der Waals surface area contributed by atoms with Gasteiger partial charge in [0.15, 0.2) is 0 Å². The minimum atomic E-state index is -0.512. The Balaban J connectivity index is 2.20. The molecule has 3 aromatic rings. The van der Waals surface area contributed by atoms with Crippen molar-refractivity contribution in [1.29, 1.82) is 0 Å². The number of rotatable bonds is 3. The lowest BCUT2D eigenvalue weighted by atomic mass is 9.89. The van der Waals surface area contributed by atoms with Crippen LogP contribution in [0.2, 0.25) is 0 Å². The van der Waals surface area contributed by atoms with Gasteiger partial charge >= 0.3 is 5.97 Å². The highest BCUT2D eigenvalue weighted by atomic mass is 16.5. The Labute approximate surface area is 155 Å². The molecule has 0 unspecified atom stereocenters. The van der Waals surface area contributed by atoms with Crippen LogP contribution in [0.4, 0.5) is 0 Å². The van der Waals surface area contributed by atoms with E-state index in [1.165, 1.54) is 13.2 Å². The first-order chi connectivity index (χ1) is 13.1. The number of methoxy groups -OCH3 is 3. The van der Waals surface area contributed by atoms with Crippen molar-refractivity contribution < 1.29 is 28.8 Å². The standard InChI is InChI=1S/C21H18O6/c1-24-12-7-11-10-27-21(23)14-9-15(22)20-13(5-4-6-16(20)25-2)19(14)18(11)17(8-12)26-3/h4-9,22H,10H2,1-3H3. The average molecular weight is 366 g/mol. The molecule has 0 spiro atoms. The SMILES string of the molecule is COc1cc2c(c(OC)c1)-c1c(cc(O)c3c(OC)cccc13)C(=O)OC2. The number of carbonyl (C=O) groups is 1. The van der Waals surface area contributed by atoms with Crippen molar-refractivity contribution in [3.63, 3.8) is 0 Å². The highest BCUT2D eigenvalue weighted by Gasteiger charge is 2.29. The molecule has 0 aromatic heterocycles. The van der Waals surface area contributed by atoms with Crippen LogP contribution in [-0.4, -0.2) is 32.4 Å². The van der Waals surface area contributed by atoms with Gasteiger partial charge in [-0.1, -0.05) is 12.1 Å². The molecule has 0 fully saturated rings. The molecule has 3 aromatic carbocycles. The molecule has 6 heteroatoms. The second-order valence-corrected chi connectivity index (χ2v) is 6.14. The molecule has 6 nitrogen and oxygen atoms in total. The third-order valence-corrected chi connectivity index (χ3v) is 4.76. The predicted octanol–water partition coefficient (Wildman–Crippen LogP) is 3.91. The summed E-state index contributed by atoms with van der Waals surface area (Å²) in [6.45, 7) is 0.0721. The maximum Gasteiger partial charge on any atom is 0.339 e. The first-order valence-electron chi connectivity index (χ1n) is 8.34. The number of ether oxygens (including phenoxy) is 4. The summed E-state index contributed by atoms with van der Waals surface area (Å²) >= 11 is 0. The van der Waals surface area contributed by atoms with Gasteiger partial charge in [-0.05, 0) is 23.6 Å². The molecule has 0 amide bonds. The highest BCUT2D eigenvalue weighted by Crippen LogP contribution is 2.48. The maximum absolute atomic E-state index is 12.6. The lowest BCUT2D eigenvalue weighted by Crippen LogP contribution is -2.03. The molecule has 0 radical (unpaired) electrons. The second kappa shape index (κ2) is 6.39. The number of phenolic OH excluding ortho intramolecular Hbond substituents is 1. The van der Waals surface area contributed by atoms with Crippen molar-refractivity contribution >= 4 is 16.7 Å². The summed E-state index contributed by atoms with van der Waals surface area (Å²) in [5.74, 6) is 1.11. The molecule has 0 atom stereocenters. The topological polar surface area (TPSA) is 74.2 Å². The van der Waals surface area contributed by atoms with Crippen molar-refractivity contribution in [2.75, 3.05) is 21.3 Å². The molecule has 0 saturated carbocycles. The Kier molecular flexibility index (Phi) is 4.03. The van der Waals surface area contributed by atoms with Crippen LogP contribution in [-0.2, 0) is 11.3 Å². The molecule has 0 bridgehead atoms.